The first-order valence-electron chi connectivity index (χ1n) is 14.1. The zero-order valence-corrected chi connectivity index (χ0v) is 24.7. The summed E-state index contributed by atoms with van der Waals surface area (Å²) in [5.74, 6) is 0.0748. The van der Waals surface area contributed by atoms with Gasteiger partial charge in [0.15, 0.2) is 5.96 Å². The largest absolute Gasteiger partial charge is 0.446 e. The fourth-order valence-electron chi connectivity index (χ4n) is 4.85. The molecule has 0 radical (unpaired) electrons. The number of benzene rings is 2. The van der Waals surface area contributed by atoms with Crippen LogP contribution >= 0.6 is 11.8 Å². The van der Waals surface area contributed by atoms with Gasteiger partial charge in [-0.1, -0.05) is 12.1 Å². The van der Waals surface area contributed by atoms with E-state index < -0.39 is 11.2 Å². The topological polar surface area (TPSA) is 167 Å². The number of alkyl halides is 3. The van der Waals surface area contributed by atoms with Gasteiger partial charge in [-0.2, -0.15) is 18.2 Å². The number of aliphatic imine (C=N–C) groups is 1. The number of H-pyrrole nitrogens is 1. The van der Waals surface area contributed by atoms with E-state index in [9.17, 15) is 18.0 Å². The average molecular weight is 615 g/mol. The number of nitrogens with zero attached hydrogens (tertiary/aromatic N) is 3. The van der Waals surface area contributed by atoms with Gasteiger partial charge in [-0.25, -0.2) is 4.79 Å². The highest BCUT2D eigenvalue weighted by molar-refractivity contribution is 8.00. The van der Waals surface area contributed by atoms with Crippen molar-refractivity contribution in [3.8, 4) is 16.9 Å². The molecule has 0 saturated heterocycles. The Balaban J connectivity index is 1.56. The molecule has 43 heavy (non-hydrogen) atoms. The van der Waals surface area contributed by atoms with Crippen LogP contribution in [0.25, 0.3) is 28.0 Å². The fraction of sp³-hybridized carbons (Fsp3) is 0.367. The molecule has 0 fully saturated rings. The first-order chi connectivity index (χ1) is 20.4. The first kappa shape index (κ1) is 32.1. The van der Waals surface area contributed by atoms with Crippen molar-refractivity contribution in [1.29, 1.82) is 0 Å². The van der Waals surface area contributed by atoms with E-state index in [1.54, 1.807) is 18.3 Å². The molecule has 0 bridgehead atoms. The van der Waals surface area contributed by atoms with Crippen LogP contribution in [0.3, 0.4) is 0 Å². The molecule has 2 heterocycles. The lowest BCUT2D eigenvalue weighted by atomic mass is 10.0. The summed E-state index contributed by atoms with van der Waals surface area (Å²) in [5.41, 5.74) is 21.8. The average Bonchev–Trinajstić information content (AvgIpc) is 3.34. The van der Waals surface area contributed by atoms with Crippen molar-refractivity contribution in [2.75, 3.05) is 6.54 Å². The number of hydrogen-bond donors (Lipinski definition) is 5. The maximum absolute atomic E-state index is 13.2. The number of guanidine groups is 1. The first-order valence-corrected chi connectivity index (χ1v) is 14.9. The van der Waals surface area contributed by atoms with Gasteiger partial charge in [-0.15, -0.1) is 0 Å². The van der Waals surface area contributed by atoms with Gasteiger partial charge in [0, 0.05) is 40.8 Å². The Morgan fingerprint density at radius 1 is 1.05 bits per heavy atom. The van der Waals surface area contributed by atoms with Crippen LogP contribution in [-0.4, -0.2) is 38.6 Å². The third-order valence-electron chi connectivity index (χ3n) is 6.96. The van der Waals surface area contributed by atoms with E-state index in [2.05, 4.69) is 15.0 Å². The number of fused-ring (bicyclic) bond motifs is 1. The smallest absolute Gasteiger partial charge is 0.370 e. The van der Waals surface area contributed by atoms with Crippen molar-refractivity contribution in [2.45, 2.75) is 67.9 Å². The maximum Gasteiger partial charge on any atom is 0.446 e. The molecule has 0 amide bonds. The molecule has 0 unspecified atom stereocenters. The molecule has 13 heteroatoms. The Morgan fingerprint density at radius 2 is 1.79 bits per heavy atom. The van der Waals surface area contributed by atoms with Crippen LogP contribution in [-0.2, 0) is 6.42 Å². The molecule has 4 aromatic rings. The second-order valence-corrected chi connectivity index (χ2v) is 11.8. The third-order valence-corrected chi connectivity index (χ3v) is 7.66. The highest BCUT2D eigenvalue weighted by Crippen LogP contribution is 2.39. The van der Waals surface area contributed by atoms with E-state index in [-0.39, 0.29) is 34.7 Å². The number of halogens is 3. The Hall–Kier alpha value is -3.81. The van der Waals surface area contributed by atoms with E-state index in [0.29, 0.717) is 40.9 Å². The number of hydrogen-bond acceptors (Lipinski definition) is 6. The molecular formula is C30H37F3N8OS. The van der Waals surface area contributed by atoms with Crippen LogP contribution in [0.15, 0.2) is 69.4 Å². The van der Waals surface area contributed by atoms with Gasteiger partial charge in [-0.3, -0.25) is 9.56 Å². The number of aromatic nitrogens is 3. The lowest BCUT2D eigenvalue weighted by Crippen LogP contribution is -2.23. The molecule has 0 aliphatic carbocycles. The van der Waals surface area contributed by atoms with Gasteiger partial charge < -0.3 is 27.9 Å². The Bertz CT molecular complexity index is 1610. The molecular weight excluding hydrogens is 577 g/mol. The summed E-state index contributed by atoms with van der Waals surface area (Å²) < 4.78 is 41.1. The molecule has 230 valence electrons. The van der Waals surface area contributed by atoms with Crippen molar-refractivity contribution in [1.82, 2.24) is 14.5 Å². The molecule has 0 aliphatic heterocycles. The van der Waals surface area contributed by atoms with Gasteiger partial charge in [-0.05, 0) is 110 Å². The predicted molar refractivity (Wildman–Crippen MR) is 167 cm³/mol. The van der Waals surface area contributed by atoms with E-state index >= 15 is 0 Å². The summed E-state index contributed by atoms with van der Waals surface area (Å²) in [6, 6.07) is 13.9. The quantitative estimate of drug-likeness (QED) is 0.0604. The van der Waals surface area contributed by atoms with Crippen LogP contribution in [0.1, 0.15) is 56.2 Å². The van der Waals surface area contributed by atoms with Crippen molar-refractivity contribution in [2.24, 2.45) is 27.9 Å². The highest BCUT2D eigenvalue weighted by atomic mass is 32.2. The summed E-state index contributed by atoms with van der Waals surface area (Å²) >= 11 is -0.149. The minimum absolute atomic E-state index is 0.0146. The third kappa shape index (κ3) is 9.34. The number of aromatic amines is 1. The molecule has 0 aliphatic rings. The monoisotopic (exact) mass is 614 g/mol. The van der Waals surface area contributed by atoms with Crippen LogP contribution < -0.4 is 28.6 Å². The number of nitrogens with two attached hydrogens (primary N) is 4. The summed E-state index contributed by atoms with van der Waals surface area (Å²) in [6.45, 7) is 2.46. The van der Waals surface area contributed by atoms with Gasteiger partial charge in [0.25, 0.3) is 0 Å². The Morgan fingerprint density at radius 3 is 2.47 bits per heavy atom. The van der Waals surface area contributed by atoms with Gasteiger partial charge in [0.2, 0.25) is 0 Å². The number of thioether (sulfide) groups is 1. The van der Waals surface area contributed by atoms with Crippen molar-refractivity contribution >= 4 is 28.8 Å². The molecule has 0 saturated carbocycles. The minimum atomic E-state index is -4.42. The predicted octanol–water partition coefficient (Wildman–Crippen LogP) is 5.11. The second-order valence-electron chi connectivity index (χ2n) is 10.7. The summed E-state index contributed by atoms with van der Waals surface area (Å²) in [6.07, 6.45) is 6.24. The van der Waals surface area contributed by atoms with Gasteiger partial charge >= 0.3 is 11.2 Å². The fourth-order valence-corrected chi connectivity index (χ4v) is 5.51. The second kappa shape index (κ2) is 14.1. The van der Waals surface area contributed by atoms with E-state index in [0.717, 1.165) is 43.2 Å². The zero-order valence-electron chi connectivity index (χ0n) is 23.9. The van der Waals surface area contributed by atoms with Crippen molar-refractivity contribution in [3.63, 3.8) is 0 Å². The molecule has 2 atom stereocenters. The van der Waals surface area contributed by atoms with Crippen LogP contribution in [0.4, 0.5) is 13.2 Å². The molecule has 2 aromatic carbocycles. The number of rotatable bonds is 13. The molecule has 0 spiro atoms. The maximum atomic E-state index is 13.2. The molecule has 2 aromatic heterocycles. The summed E-state index contributed by atoms with van der Waals surface area (Å²) in [5, 5.41) is 0.642. The van der Waals surface area contributed by atoms with Gasteiger partial charge in [0.05, 0.1) is 5.69 Å². The summed E-state index contributed by atoms with van der Waals surface area (Å²) in [7, 11) is 0. The van der Waals surface area contributed by atoms with E-state index in [1.165, 1.54) is 10.6 Å². The number of unbranched alkanes of at least 4 members (excludes halogenated alkanes) is 1. The summed E-state index contributed by atoms with van der Waals surface area (Å²) in [4.78, 5) is 24.3. The highest BCUT2D eigenvalue weighted by Gasteiger charge is 2.29. The van der Waals surface area contributed by atoms with Crippen LogP contribution in [0.5, 0.6) is 0 Å². The Labute approximate surface area is 252 Å². The SMILES string of the molecule is C[C@H](N)CCCc1cc(SC(F)(F)F)cc(-c2cc3cn(-c4ccc([C@H](N)CCCCN=C(N)N)cc4)c(=O)nc3[nH]2)c1. The molecule has 4 rings (SSSR count). The van der Waals surface area contributed by atoms with Crippen LogP contribution in [0, 0.1) is 0 Å². The Kier molecular flexibility index (Phi) is 10.5. The van der Waals surface area contributed by atoms with Crippen molar-refractivity contribution in [3.05, 3.63) is 76.3 Å². The van der Waals surface area contributed by atoms with E-state index in [4.69, 9.17) is 22.9 Å². The lowest BCUT2D eigenvalue weighted by Gasteiger charge is -2.13. The van der Waals surface area contributed by atoms with E-state index in [1.807, 2.05) is 37.3 Å². The van der Waals surface area contributed by atoms with Gasteiger partial charge in [0.1, 0.15) is 5.65 Å². The minimum Gasteiger partial charge on any atom is -0.370 e. The molecule has 9 nitrogen and oxygen atoms in total. The standard InChI is InChI=1S/C30H37F3N8OS/c1-18(34)5-4-6-19-13-21(15-24(14-19)43-30(31,32)33)26-16-22-17-41(29(42)40-27(22)39-26)23-10-8-20(9-11-23)25(35)7-2-3-12-38-28(36)37/h8-11,13-18,25H,2-7,12,34-35H2,1H3,(H4,36,37,38)(H,39,40,42)/t18-,25+/m0/s1. The number of nitrogens with one attached hydrogen (secondary N) is 1. The number of aryl methyl sites for hydroxylation is 1. The van der Waals surface area contributed by atoms with Crippen molar-refractivity contribution < 1.29 is 13.2 Å². The lowest BCUT2D eigenvalue weighted by molar-refractivity contribution is -0.0328. The van der Waals surface area contributed by atoms with Crippen LogP contribution in [0.2, 0.25) is 0 Å². The zero-order chi connectivity index (χ0) is 31.1. The normalized spacial score (nSPS) is 13.3. The molecule has 9 N–H and O–H groups in total.